The van der Waals surface area contributed by atoms with E-state index < -0.39 is 0 Å². The molecule has 3 nitrogen and oxygen atoms in total. The van der Waals surface area contributed by atoms with E-state index in [9.17, 15) is 5.26 Å². The molecule has 0 bridgehead atoms. The molecule has 0 amide bonds. The van der Waals surface area contributed by atoms with E-state index in [1.165, 1.54) is 0 Å². The van der Waals surface area contributed by atoms with Gasteiger partial charge in [-0.3, -0.25) is 4.99 Å². The van der Waals surface area contributed by atoms with Gasteiger partial charge in [0, 0.05) is 18.0 Å². The van der Waals surface area contributed by atoms with Crippen LogP contribution in [0.4, 0.5) is 0 Å². The number of nitrogens with zero attached hydrogens (tertiary/aromatic N) is 2. The van der Waals surface area contributed by atoms with Crippen LogP contribution in [0.1, 0.15) is 16.7 Å². The molecule has 3 heteroatoms. The summed E-state index contributed by atoms with van der Waals surface area (Å²) in [5.41, 5.74) is 5.80. The lowest BCUT2D eigenvalue weighted by atomic mass is 9.91. The highest BCUT2D eigenvalue weighted by Crippen LogP contribution is 2.30. The van der Waals surface area contributed by atoms with Crippen LogP contribution in [0.3, 0.4) is 0 Å². The number of benzene rings is 2. The summed E-state index contributed by atoms with van der Waals surface area (Å²) in [6.45, 7) is 2.60. The molecule has 1 aliphatic rings. The van der Waals surface area contributed by atoms with E-state index in [0.717, 1.165) is 33.4 Å². The molecule has 0 spiro atoms. The number of hydrogen-bond acceptors (Lipinski definition) is 3. The lowest BCUT2D eigenvalue weighted by molar-refractivity contribution is 0.882. The van der Waals surface area contributed by atoms with Gasteiger partial charge in [0.15, 0.2) is 0 Å². The quantitative estimate of drug-likeness (QED) is 0.910. The van der Waals surface area contributed by atoms with Crippen LogP contribution < -0.4 is 5.32 Å². The Hall–Kier alpha value is -2.86. The van der Waals surface area contributed by atoms with E-state index in [-0.39, 0.29) is 0 Å². The second-order valence-electron chi connectivity index (χ2n) is 4.91. The summed E-state index contributed by atoms with van der Waals surface area (Å²) in [7, 11) is 0. The molecule has 0 unspecified atom stereocenters. The molecule has 3 rings (SSSR count). The summed E-state index contributed by atoms with van der Waals surface area (Å²) in [4.78, 5) is 4.22. The van der Waals surface area contributed by atoms with Gasteiger partial charge in [-0.05, 0) is 29.2 Å². The van der Waals surface area contributed by atoms with Crippen LogP contribution in [0.25, 0.3) is 16.7 Å². The average Bonchev–Trinajstić information content (AvgIpc) is 2.56. The molecule has 1 aliphatic heterocycles. The molecule has 1 N–H and O–H groups in total. The van der Waals surface area contributed by atoms with E-state index in [1.807, 2.05) is 55.7 Å². The lowest BCUT2D eigenvalue weighted by Gasteiger charge is -2.14. The third kappa shape index (κ3) is 2.44. The van der Waals surface area contributed by atoms with Gasteiger partial charge in [-0.15, -0.1) is 0 Å². The Morgan fingerprint density at radius 2 is 1.86 bits per heavy atom. The summed E-state index contributed by atoms with van der Waals surface area (Å²) in [5.74, 6) is 0. The van der Waals surface area contributed by atoms with E-state index in [0.29, 0.717) is 6.67 Å². The van der Waals surface area contributed by atoms with Crippen LogP contribution >= 0.6 is 0 Å². The Bertz CT molecular complexity index is 765. The SMILES string of the molecule is Cc1c(C2=CNCN=C2)ccc(-c2ccccc2)c1C#N. The van der Waals surface area contributed by atoms with Crippen molar-refractivity contribution in [3.8, 4) is 17.2 Å². The standard InChI is InChI=1S/C18H15N3/c1-13-16(15-10-20-12-21-11-15)7-8-17(18(13)9-19)14-5-3-2-4-6-14/h2-8,10-11,20H,12H2,1H3. The summed E-state index contributed by atoms with van der Waals surface area (Å²) < 4.78 is 0. The van der Waals surface area contributed by atoms with Crippen molar-refractivity contribution in [3.63, 3.8) is 0 Å². The van der Waals surface area contributed by atoms with Crippen molar-refractivity contribution in [1.82, 2.24) is 5.32 Å². The van der Waals surface area contributed by atoms with Gasteiger partial charge in [-0.25, -0.2) is 0 Å². The highest BCUT2D eigenvalue weighted by Gasteiger charge is 2.13. The highest BCUT2D eigenvalue weighted by molar-refractivity contribution is 6.11. The number of allylic oxidation sites excluding steroid dienone is 1. The van der Waals surface area contributed by atoms with Crippen molar-refractivity contribution in [2.75, 3.05) is 6.67 Å². The monoisotopic (exact) mass is 273 g/mol. The molecular weight excluding hydrogens is 258 g/mol. The fourth-order valence-electron chi connectivity index (χ4n) is 2.56. The molecule has 0 atom stereocenters. The maximum atomic E-state index is 9.56. The molecule has 0 aromatic heterocycles. The van der Waals surface area contributed by atoms with Crippen LogP contribution in [0, 0.1) is 18.3 Å². The second kappa shape index (κ2) is 5.64. The predicted molar refractivity (Wildman–Crippen MR) is 85.8 cm³/mol. The first-order valence-electron chi connectivity index (χ1n) is 6.84. The number of rotatable bonds is 2. The van der Waals surface area contributed by atoms with Crippen LogP contribution in [0.5, 0.6) is 0 Å². The molecule has 2 aromatic carbocycles. The molecule has 0 fully saturated rings. The van der Waals surface area contributed by atoms with Crippen LogP contribution in [0.2, 0.25) is 0 Å². The first-order chi connectivity index (χ1) is 10.3. The molecule has 2 aromatic rings. The van der Waals surface area contributed by atoms with Gasteiger partial charge in [0.2, 0.25) is 0 Å². The Balaban J connectivity index is 2.15. The first kappa shape index (κ1) is 13.1. The zero-order valence-electron chi connectivity index (χ0n) is 11.8. The fraction of sp³-hybridized carbons (Fsp3) is 0.111. The van der Waals surface area contributed by atoms with Crippen molar-refractivity contribution >= 4 is 11.8 Å². The van der Waals surface area contributed by atoms with E-state index in [1.54, 1.807) is 0 Å². The van der Waals surface area contributed by atoms with Crippen LogP contribution in [0.15, 0.2) is 53.7 Å². The number of aliphatic imine (C=N–C) groups is 1. The smallest absolute Gasteiger partial charge is 0.107 e. The third-order valence-corrected chi connectivity index (χ3v) is 3.64. The van der Waals surface area contributed by atoms with Crippen molar-refractivity contribution in [2.24, 2.45) is 4.99 Å². The minimum atomic E-state index is 0.607. The Morgan fingerprint density at radius 1 is 1.10 bits per heavy atom. The molecule has 21 heavy (non-hydrogen) atoms. The van der Waals surface area contributed by atoms with Gasteiger partial charge in [0.25, 0.3) is 0 Å². The zero-order chi connectivity index (χ0) is 14.7. The average molecular weight is 273 g/mol. The van der Waals surface area contributed by atoms with Gasteiger partial charge in [0.1, 0.15) is 12.7 Å². The minimum absolute atomic E-state index is 0.607. The minimum Gasteiger partial charge on any atom is -0.372 e. The van der Waals surface area contributed by atoms with Crippen LogP contribution in [-0.2, 0) is 0 Å². The summed E-state index contributed by atoms with van der Waals surface area (Å²) >= 11 is 0. The normalized spacial score (nSPS) is 13.2. The number of nitriles is 1. The molecule has 1 heterocycles. The van der Waals surface area contributed by atoms with Gasteiger partial charge in [-0.2, -0.15) is 5.26 Å². The summed E-state index contributed by atoms with van der Waals surface area (Å²) in [6.07, 6.45) is 3.79. The molecule has 0 saturated carbocycles. The van der Waals surface area contributed by atoms with Crippen molar-refractivity contribution in [1.29, 1.82) is 5.26 Å². The predicted octanol–water partition coefficient (Wildman–Crippen LogP) is 3.51. The largest absolute Gasteiger partial charge is 0.372 e. The van der Waals surface area contributed by atoms with Gasteiger partial charge in [-0.1, -0.05) is 42.5 Å². The maximum absolute atomic E-state index is 9.56. The van der Waals surface area contributed by atoms with Gasteiger partial charge < -0.3 is 5.32 Å². The van der Waals surface area contributed by atoms with Crippen LogP contribution in [-0.4, -0.2) is 12.9 Å². The van der Waals surface area contributed by atoms with Crippen molar-refractivity contribution in [2.45, 2.75) is 6.92 Å². The number of nitrogens with one attached hydrogen (secondary N) is 1. The van der Waals surface area contributed by atoms with E-state index in [2.05, 4.69) is 22.4 Å². The van der Waals surface area contributed by atoms with E-state index >= 15 is 0 Å². The molecule has 0 radical (unpaired) electrons. The Morgan fingerprint density at radius 3 is 2.52 bits per heavy atom. The molecule has 0 saturated heterocycles. The Kier molecular flexibility index (Phi) is 3.53. The topological polar surface area (TPSA) is 48.2 Å². The van der Waals surface area contributed by atoms with Crippen molar-refractivity contribution in [3.05, 3.63) is 65.4 Å². The van der Waals surface area contributed by atoms with Gasteiger partial charge in [0.05, 0.1) is 5.56 Å². The summed E-state index contributed by atoms with van der Waals surface area (Å²) in [5, 5.41) is 12.7. The van der Waals surface area contributed by atoms with E-state index in [4.69, 9.17) is 0 Å². The Labute approximate surface area is 124 Å². The highest BCUT2D eigenvalue weighted by atomic mass is 15.0. The zero-order valence-corrected chi connectivity index (χ0v) is 11.8. The lowest BCUT2D eigenvalue weighted by Crippen LogP contribution is -2.11. The first-order valence-corrected chi connectivity index (χ1v) is 6.84. The molecular formula is C18H15N3. The number of hydrogen-bond donors (Lipinski definition) is 1. The molecule has 102 valence electrons. The van der Waals surface area contributed by atoms with Gasteiger partial charge >= 0.3 is 0 Å². The fourth-order valence-corrected chi connectivity index (χ4v) is 2.56. The summed E-state index contributed by atoms with van der Waals surface area (Å²) in [6, 6.07) is 16.4. The van der Waals surface area contributed by atoms with Crippen molar-refractivity contribution < 1.29 is 0 Å². The third-order valence-electron chi connectivity index (χ3n) is 3.64. The molecule has 0 aliphatic carbocycles. The maximum Gasteiger partial charge on any atom is 0.107 e. The second-order valence-corrected chi connectivity index (χ2v) is 4.91.